The summed E-state index contributed by atoms with van der Waals surface area (Å²) in [5.41, 5.74) is 0. The van der Waals surface area contributed by atoms with Crippen molar-refractivity contribution >= 4 is 40.2 Å². The molecule has 0 spiro atoms. The van der Waals surface area contributed by atoms with E-state index in [4.69, 9.17) is 0 Å². The quantitative estimate of drug-likeness (QED) is 0.614. The van der Waals surface area contributed by atoms with Crippen LogP contribution in [0.15, 0.2) is 10.4 Å². The summed E-state index contributed by atoms with van der Waals surface area (Å²) in [6, 6.07) is 0.312. The second kappa shape index (κ2) is 11.0. The molecule has 0 radical (unpaired) electrons. The van der Waals surface area contributed by atoms with E-state index in [1.165, 1.54) is 45.2 Å². The lowest BCUT2D eigenvalue weighted by Crippen LogP contribution is -2.51. The lowest BCUT2D eigenvalue weighted by molar-refractivity contribution is -0.127. The third-order valence-corrected chi connectivity index (χ3v) is 8.84. The normalized spacial score (nSPS) is 22.7. The predicted octanol–water partition coefficient (Wildman–Crippen LogP) is 4.12. The van der Waals surface area contributed by atoms with Crippen molar-refractivity contribution < 1.29 is 9.59 Å². The van der Waals surface area contributed by atoms with E-state index in [9.17, 15) is 9.59 Å². The van der Waals surface area contributed by atoms with Crippen molar-refractivity contribution in [3.05, 3.63) is 6.20 Å². The molecule has 1 aliphatic carbocycles. The van der Waals surface area contributed by atoms with Gasteiger partial charge in [-0.1, -0.05) is 30.6 Å². The number of aromatic nitrogens is 1. The Morgan fingerprint density at radius 1 is 1.13 bits per heavy atom. The zero-order valence-corrected chi connectivity index (χ0v) is 20.2. The first-order chi connectivity index (χ1) is 15.1. The van der Waals surface area contributed by atoms with Crippen molar-refractivity contribution in [3.8, 4) is 0 Å². The molecule has 1 aromatic heterocycles. The molecule has 0 bridgehead atoms. The Balaban J connectivity index is 1.34. The Morgan fingerprint density at radius 2 is 1.90 bits per heavy atom. The molecular formula is C22H35N5O2S2. The molecule has 7 nitrogen and oxygen atoms in total. The number of amides is 3. The van der Waals surface area contributed by atoms with Crippen molar-refractivity contribution in [2.75, 3.05) is 43.8 Å². The Kier molecular flexibility index (Phi) is 8.12. The highest BCUT2D eigenvalue weighted by molar-refractivity contribution is 8.01. The maximum Gasteiger partial charge on any atom is 0.324 e. The summed E-state index contributed by atoms with van der Waals surface area (Å²) in [7, 11) is 0. The molecule has 9 heteroatoms. The van der Waals surface area contributed by atoms with E-state index in [1.807, 2.05) is 27.8 Å². The summed E-state index contributed by atoms with van der Waals surface area (Å²) in [5.74, 6) is 1.16. The van der Waals surface area contributed by atoms with Crippen LogP contribution in [0.3, 0.4) is 0 Å². The van der Waals surface area contributed by atoms with Crippen LogP contribution in [0.2, 0.25) is 0 Å². The zero-order chi connectivity index (χ0) is 21.6. The SMILES string of the molecule is CC(=O)N1CC[C@@H](N(C(=O)Nc2ncc(SCCN3CCCC3)s2)C2CCCCC2)C1. The highest BCUT2D eigenvalue weighted by Crippen LogP contribution is 2.31. The molecule has 0 aromatic carbocycles. The first kappa shape index (κ1) is 22.9. The van der Waals surface area contributed by atoms with Crippen LogP contribution in [-0.4, -0.2) is 82.2 Å². The fourth-order valence-corrected chi connectivity index (χ4v) is 7.01. The molecule has 4 rings (SSSR count). The maximum absolute atomic E-state index is 13.3. The van der Waals surface area contributed by atoms with Crippen LogP contribution in [0.5, 0.6) is 0 Å². The molecule has 2 aliphatic heterocycles. The summed E-state index contributed by atoms with van der Waals surface area (Å²) in [6.07, 6.45) is 11.1. The number of anilines is 1. The van der Waals surface area contributed by atoms with Gasteiger partial charge < -0.3 is 14.7 Å². The molecule has 3 amide bonds. The van der Waals surface area contributed by atoms with E-state index in [-0.39, 0.29) is 24.0 Å². The van der Waals surface area contributed by atoms with E-state index in [0.29, 0.717) is 11.7 Å². The average Bonchev–Trinajstić information content (AvgIpc) is 3.52. The Labute approximate surface area is 193 Å². The number of nitrogens with one attached hydrogen (secondary N) is 1. The molecule has 3 fully saturated rings. The largest absolute Gasteiger partial charge is 0.341 e. The Bertz CT molecular complexity index is 746. The zero-order valence-electron chi connectivity index (χ0n) is 18.6. The second-order valence-electron chi connectivity index (χ2n) is 8.92. The summed E-state index contributed by atoms with van der Waals surface area (Å²) < 4.78 is 1.15. The molecule has 1 atom stereocenters. The molecule has 172 valence electrons. The number of thiazole rings is 1. The van der Waals surface area contributed by atoms with Crippen LogP contribution in [0, 0.1) is 0 Å². The standard InChI is InChI=1S/C22H35N5O2S2/c1-17(28)26-12-9-19(16-26)27(18-7-3-2-4-8-18)22(29)24-21-23-15-20(31-21)30-14-13-25-10-5-6-11-25/h15,18-19H,2-14,16H2,1H3,(H,23,24,29)/t19-/m1/s1. The molecular weight excluding hydrogens is 430 g/mol. The number of nitrogens with zero attached hydrogens (tertiary/aromatic N) is 4. The fraction of sp³-hybridized carbons (Fsp3) is 0.773. The van der Waals surface area contributed by atoms with Crippen LogP contribution in [-0.2, 0) is 4.79 Å². The highest BCUT2D eigenvalue weighted by Gasteiger charge is 2.36. The van der Waals surface area contributed by atoms with Crippen LogP contribution in [0.25, 0.3) is 0 Å². The van der Waals surface area contributed by atoms with Gasteiger partial charge in [-0.3, -0.25) is 10.1 Å². The Hall–Kier alpha value is -1.32. The smallest absolute Gasteiger partial charge is 0.324 e. The van der Waals surface area contributed by atoms with Crippen LogP contribution < -0.4 is 5.32 Å². The number of urea groups is 1. The third kappa shape index (κ3) is 6.14. The molecule has 1 aromatic rings. The molecule has 3 heterocycles. The highest BCUT2D eigenvalue weighted by atomic mass is 32.2. The minimum absolute atomic E-state index is 0.0507. The number of likely N-dealkylation sites (tertiary alicyclic amines) is 2. The lowest BCUT2D eigenvalue weighted by Gasteiger charge is -2.38. The summed E-state index contributed by atoms with van der Waals surface area (Å²) >= 11 is 3.39. The lowest BCUT2D eigenvalue weighted by atomic mass is 9.93. The molecule has 0 unspecified atom stereocenters. The van der Waals surface area contributed by atoms with Gasteiger partial charge in [0.2, 0.25) is 5.91 Å². The van der Waals surface area contributed by atoms with Crippen molar-refractivity contribution in [1.29, 1.82) is 0 Å². The molecule has 2 saturated heterocycles. The fourth-order valence-electron chi connectivity index (χ4n) is 5.07. The number of hydrogen-bond acceptors (Lipinski definition) is 6. The first-order valence-corrected chi connectivity index (χ1v) is 13.6. The number of carbonyl (C=O) groups is 2. The second-order valence-corrected chi connectivity index (χ2v) is 11.3. The van der Waals surface area contributed by atoms with E-state index < -0.39 is 0 Å². The van der Waals surface area contributed by atoms with Gasteiger partial charge >= 0.3 is 6.03 Å². The monoisotopic (exact) mass is 465 g/mol. The van der Waals surface area contributed by atoms with Gasteiger partial charge in [0, 0.05) is 38.4 Å². The van der Waals surface area contributed by atoms with Crippen molar-refractivity contribution in [3.63, 3.8) is 0 Å². The van der Waals surface area contributed by atoms with Crippen LogP contribution in [0.4, 0.5) is 9.93 Å². The van der Waals surface area contributed by atoms with E-state index in [2.05, 4.69) is 15.2 Å². The Morgan fingerprint density at radius 3 is 2.61 bits per heavy atom. The predicted molar refractivity (Wildman–Crippen MR) is 127 cm³/mol. The van der Waals surface area contributed by atoms with Crippen LogP contribution >= 0.6 is 23.1 Å². The number of carbonyl (C=O) groups excluding carboxylic acids is 2. The minimum Gasteiger partial charge on any atom is -0.341 e. The maximum atomic E-state index is 13.3. The number of hydrogen-bond donors (Lipinski definition) is 1. The first-order valence-electron chi connectivity index (χ1n) is 11.8. The van der Waals surface area contributed by atoms with Crippen molar-refractivity contribution in [1.82, 2.24) is 19.7 Å². The topological polar surface area (TPSA) is 68.8 Å². The van der Waals surface area contributed by atoms with Gasteiger partial charge in [0.15, 0.2) is 5.13 Å². The third-order valence-electron chi connectivity index (χ3n) is 6.75. The average molecular weight is 466 g/mol. The molecule has 1 N–H and O–H groups in total. The molecule has 31 heavy (non-hydrogen) atoms. The van der Waals surface area contributed by atoms with Gasteiger partial charge in [0.05, 0.1) is 16.4 Å². The van der Waals surface area contributed by atoms with E-state index in [0.717, 1.165) is 42.3 Å². The molecule has 3 aliphatic rings. The van der Waals surface area contributed by atoms with E-state index in [1.54, 1.807) is 18.3 Å². The summed E-state index contributed by atoms with van der Waals surface area (Å²) in [4.78, 5) is 36.1. The number of rotatable bonds is 7. The minimum atomic E-state index is -0.0507. The molecule has 1 saturated carbocycles. The van der Waals surface area contributed by atoms with Gasteiger partial charge in [0.1, 0.15) is 0 Å². The van der Waals surface area contributed by atoms with Gasteiger partial charge in [-0.05, 0) is 45.2 Å². The van der Waals surface area contributed by atoms with Gasteiger partial charge in [-0.2, -0.15) is 0 Å². The number of thioether (sulfide) groups is 1. The van der Waals surface area contributed by atoms with Crippen molar-refractivity contribution in [2.24, 2.45) is 0 Å². The van der Waals surface area contributed by atoms with Crippen molar-refractivity contribution in [2.45, 2.75) is 74.6 Å². The summed E-state index contributed by atoms with van der Waals surface area (Å²) in [6.45, 7) is 6.58. The van der Waals surface area contributed by atoms with Crippen LogP contribution in [0.1, 0.15) is 58.3 Å². The van der Waals surface area contributed by atoms with Gasteiger partial charge in [0.25, 0.3) is 0 Å². The van der Waals surface area contributed by atoms with Gasteiger partial charge in [-0.25, -0.2) is 9.78 Å². The summed E-state index contributed by atoms with van der Waals surface area (Å²) in [5, 5.41) is 3.76. The van der Waals surface area contributed by atoms with E-state index >= 15 is 0 Å². The van der Waals surface area contributed by atoms with Gasteiger partial charge in [-0.15, -0.1) is 11.8 Å².